The van der Waals surface area contributed by atoms with Crippen molar-refractivity contribution in [2.24, 2.45) is 0 Å². The van der Waals surface area contributed by atoms with E-state index in [2.05, 4.69) is 10.1 Å². The van der Waals surface area contributed by atoms with E-state index >= 15 is 0 Å². The number of benzene rings is 3. The molecule has 1 saturated heterocycles. The van der Waals surface area contributed by atoms with E-state index in [-0.39, 0.29) is 33.8 Å². The Bertz CT molecular complexity index is 2170. The summed E-state index contributed by atoms with van der Waals surface area (Å²) in [5, 5.41) is 2.41. The highest BCUT2D eigenvalue weighted by Crippen LogP contribution is 2.39. The molecular formula is C32H34N4O4. The standard InChI is InChI=1S/C32H34N4O4/c1-34-15-17-36(18-16-34)21-29(37)35(2)25-12-9-22(10-13-25)19-27(23-7-5-4-6-8-23)30-26-14-11-24(32(39)40-3)20-28(26)33-31(30)38/h4-14,20H,15-19,21H2,1-3H3,(H,33,38)/b30-27+/i4D,5D,6D,7D,8D,11D,14D,15D2,16D2,17D2,18D2,20D. The maximum atomic E-state index is 13.7. The summed E-state index contributed by atoms with van der Waals surface area (Å²) < 4.78 is 139. The Morgan fingerprint density at radius 2 is 1.73 bits per heavy atom. The van der Waals surface area contributed by atoms with Gasteiger partial charge in [-0.1, -0.05) is 48.4 Å². The molecule has 3 aromatic carbocycles. The van der Waals surface area contributed by atoms with Crippen molar-refractivity contribution in [3.63, 3.8) is 0 Å². The number of allylic oxidation sites excluding steroid dienone is 1. The molecule has 206 valence electrons. The Hall–Kier alpha value is -4.27. The summed E-state index contributed by atoms with van der Waals surface area (Å²) in [7, 11) is 3.16. The van der Waals surface area contributed by atoms with Crippen LogP contribution in [-0.2, 0) is 20.7 Å². The van der Waals surface area contributed by atoms with E-state index in [0.29, 0.717) is 10.5 Å². The van der Waals surface area contributed by atoms with Crippen LogP contribution in [0.2, 0.25) is 0 Å². The molecule has 1 N–H and O–H groups in total. The fourth-order valence-corrected chi connectivity index (χ4v) is 4.00. The lowest BCUT2D eigenvalue weighted by molar-refractivity contribution is -0.119. The minimum atomic E-state index is -3.18. The molecule has 0 spiro atoms. The lowest BCUT2D eigenvalue weighted by Gasteiger charge is -2.32. The summed E-state index contributed by atoms with van der Waals surface area (Å²) in [6.07, 6.45) is -0.362. The van der Waals surface area contributed by atoms with Crippen LogP contribution >= 0.6 is 0 Å². The Balaban J connectivity index is 1.60. The number of anilines is 2. The fourth-order valence-electron chi connectivity index (χ4n) is 4.00. The van der Waals surface area contributed by atoms with Gasteiger partial charge in [0, 0.05) is 60.9 Å². The number of amides is 2. The molecule has 1 fully saturated rings. The number of esters is 1. The van der Waals surface area contributed by atoms with Crippen LogP contribution in [0, 0.1) is 0 Å². The van der Waals surface area contributed by atoms with Crippen LogP contribution in [0.25, 0.3) is 11.1 Å². The second-order valence-electron chi connectivity index (χ2n) is 8.69. The van der Waals surface area contributed by atoms with Gasteiger partial charge in [-0.3, -0.25) is 14.5 Å². The first-order valence-electron chi connectivity index (χ1n) is 19.9. The highest BCUT2D eigenvalue weighted by atomic mass is 16.5. The lowest BCUT2D eigenvalue weighted by Crippen LogP contribution is -2.48. The maximum Gasteiger partial charge on any atom is 0.337 e. The third-order valence-corrected chi connectivity index (χ3v) is 6.10. The second kappa shape index (κ2) is 11.9. The van der Waals surface area contributed by atoms with Crippen molar-refractivity contribution < 1.29 is 41.1 Å². The number of likely N-dealkylation sites (N-methyl/N-ethyl adjacent to an activating group) is 2. The molecule has 2 amide bonds. The van der Waals surface area contributed by atoms with Gasteiger partial charge in [-0.25, -0.2) is 4.79 Å². The van der Waals surface area contributed by atoms with Gasteiger partial charge >= 0.3 is 5.97 Å². The van der Waals surface area contributed by atoms with E-state index in [1.165, 1.54) is 31.3 Å². The first kappa shape index (κ1) is 13.9. The largest absolute Gasteiger partial charge is 0.465 e. The second-order valence-corrected chi connectivity index (χ2v) is 8.69. The number of piperazine rings is 1. The van der Waals surface area contributed by atoms with E-state index in [4.69, 9.17) is 21.9 Å². The molecule has 0 unspecified atom stereocenters. The molecule has 0 radical (unpaired) electrons. The lowest BCUT2D eigenvalue weighted by atomic mass is 9.90. The number of rotatable bonds is 7. The minimum Gasteiger partial charge on any atom is -0.465 e. The summed E-state index contributed by atoms with van der Waals surface area (Å²) in [4.78, 5) is 41.1. The number of methoxy groups -OCH3 is 1. The van der Waals surface area contributed by atoms with Crippen LogP contribution < -0.4 is 10.2 Å². The molecule has 40 heavy (non-hydrogen) atoms. The summed E-state index contributed by atoms with van der Waals surface area (Å²) in [6, 6.07) is -0.0419. The van der Waals surface area contributed by atoms with Crippen LogP contribution in [-0.4, -0.2) is 81.3 Å². The zero-order chi connectivity index (χ0) is 42.4. The number of carbonyl (C=O) groups excluding carboxylic acids is 3. The van der Waals surface area contributed by atoms with Crippen molar-refractivity contribution in [1.82, 2.24) is 9.80 Å². The summed E-state index contributed by atoms with van der Waals surface area (Å²) >= 11 is 0. The zero-order valence-electron chi connectivity index (χ0n) is 37.7. The van der Waals surface area contributed by atoms with E-state index in [0.717, 1.165) is 19.1 Å². The molecule has 8 heteroatoms. The van der Waals surface area contributed by atoms with Crippen molar-refractivity contribution in [2.45, 2.75) is 6.42 Å². The molecule has 5 rings (SSSR count). The predicted molar refractivity (Wildman–Crippen MR) is 157 cm³/mol. The highest BCUT2D eigenvalue weighted by Gasteiger charge is 2.29. The molecule has 8 nitrogen and oxygen atoms in total. The van der Waals surface area contributed by atoms with Crippen LogP contribution in [0.5, 0.6) is 0 Å². The number of nitrogens with zero attached hydrogens (tertiary/aromatic N) is 3. The quantitative estimate of drug-likeness (QED) is 0.354. The topological polar surface area (TPSA) is 82.2 Å². The Labute approximate surface area is 257 Å². The van der Waals surface area contributed by atoms with Gasteiger partial charge in [0.25, 0.3) is 5.91 Å². The normalized spacial score (nSPS) is 27.5. The third kappa shape index (κ3) is 5.83. The monoisotopic (exact) mass is 554 g/mol. The summed E-state index contributed by atoms with van der Waals surface area (Å²) in [5.41, 5.74) is -1.81. The van der Waals surface area contributed by atoms with E-state index in [9.17, 15) is 14.4 Å². The van der Waals surface area contributed by atoms with Gasteiger partial charge in [0.15, 0.2) is 0 Å². The fraction of sp³-hybridized carbons (Fsp3) is 0.281. The smallest absolute Gasteiger partial charge is 0.337 e. The van der Waals surface area contributed by atoms with E-state index < -0.39 is 115 Å². The zero-order valence-corrected chi connectivity index (χ0v) is 21.7. The van der Waals surface area contributed by atoms with Crippen LogP contribution in [0.1, 0.15) is 49.0 Å². The van der Waals surface area contributed by atoms with Crippen molar-refractivity contribution in [2.75, 3.05) is 64.0 Å². The predicted octanol–water partition coefficient (Wildman–Crippen LogP) is 3.79. The average molecular weight is 555 g/mol. The van der Waals surface area contributed by atoms with Crippen molar-refractivity contribution in [3.05, 3.63) is 94.9 Å². The Morgan fingerprint density at radius 3 is 2.40 bits per heavy atom. The average Bonchev–Trinajstić information content (AvgIpc) is 3.49. The number of hydrogen-bond acceptors (Lipinski definition) is 6. The van der Waals surface area contributed by atoms with Gasteiger partial charge in [0.05, 0.1) is 35.8 Å². The molecule has 3 aromatic rings. The van der Waals surface area contributed by atoms with Crippen LogP contribution in [0.15, 0.2) is 72.6 Å². The molecule has 0 bridgehead atoms. The molecule has 0 atom stereocenters. The summed E-state index contributed by atoms with van der Waals surface area (Å²) in [6.45, 7) is -13.6. The number of carbonyl (C=O) groups is 3. The van der Waals surface area contributed by atoms with Gasteiger partial charge < -0.3 is 19.9 Å². The maximum absolute atomic E-state index is 13.7. The van der Waals surface area contributed by atoms with E-state index in [1.54, 1.807) is 0 Å². The molecule has 2 aliphatic rings. The summed E-state index contributed by atoms with van der Waals surface area (Å²) in [5.74, 6) is -3.01. The molecule has 0 aromatic heterocycles. The number of fused-ring (bicyclic) bond motifs is 1. The van der Waals surface area contributed by atoms with Gasteiger partial charge in [-0.15, -0.1) is 0 Å². The Morgan fingerprint density at radius 1 is 1.02 bits per heavy atom. The molecular weight excluding hydrogens is 504 g/mol. The van der Waals surface area contributed by atoms with Gasteiger partial charge in [-0.05, 0) is 54.4 Å². The van der Waals surface area contributed by atoms with Crippen LogP contribution in [0.3, 0.4) is 0 Å². The van der Waals surface area contributed by atoms with Crippen LogP contribution in [0.4, 0.5) is 11.4 Å². The minimum absolute atomic E-state index is 0.141. The first-order valence-corrected chi connectivity index (χ1v) is 11.9. The number of nitrogens with one attached hydrogen (secondary N) is 1. The van der Waals surface area contributed by atoms with Gasteiger partial charge in [-0.2, -0.15) is 0 Å². The third-order valence-electron chi connectivity index (χ3n) is 6.10. The molecule has 2 aliphatic heterocycles. The van der Waals surface area contributed by atoms with Crippen molar-refractivity contribution in [1.29, 1.82) is 0 Å². The highest BCUT2D eigenvalue weighted by molar-refractivity contribution is 6.37. The van der Waals surface area contributed by atoms with Gasteiger partial charge in [0.1, 0.15) is 0 Å². The first-order chi connectivity index (χ1) is 25.7. The number of hydrogen-bond donors (Lipinski definition) is 1. The molecule has 0 aliphatic carbocycles. The van der Waals surface area contributed by atoms with Crippen molar-refractivity contribution in [3.8, 4) is 0 Å². The van der Waals surface area contributed by atoms with Gasteiger partial charge in [0.2, 0.25) is 5.91 Å². The number of ether oxygens (including phenoxy) is 1. The Kier molecular flexibility index (Phi) is 4.11. The van der Waals surface area contributed by atoms with E-state index in [1.807, 2.05) is 0 Å². The molecule has 0 saturated carbocycles. The molecule has 2 heterocycles. The SMILES string of the molecule is [2H]c1c([2H])c([2H])c(/C(Cc2ccc(N(C)C(=O)CN3C([2H])([2H])C([2H])([2H])N(C)C([2H])([2H])C3([2H])[2H])cc2)=C2/C(=O)Nc3c([2H])c(C(=O)OC)c([2H])c([2H])c32)c([2H])c1[2H]. The van der Waals surface area contributed by atoms with Crippen molar-refractivity contribution >= 4 is 40.3 Å².